The van der Waals surface area contributed by atoms with Crippen LogP contribution in [0, 0.1) is 0 Å². The van der Waals surface area contributed by atoms with Crippen LogP contribution < -0.4 is 10.6 Å². The Morgan fingerprint density at radius 1 is 1.23 bits per heavy atom. The van der Waals surface area contributed by atoms with Gasteiger partial charge >= 0.3 is 0 Å². The Bertz CT molecular complexity index is 648. The molecule has 0 amide bonds. The number of aliphatic imine (C=N–C) groups is 1. The van der Waals surface area contributed by atoms with E-state index in [1.54, 1.807) is 38.4 Å². The van der Waals surface area contributed by atoms with Gasteiger partial charge in [0.1, 0.15) is 0 Å². The fraction of sp³-hybridized carbons (Fsp3) is 0.588. The molecule has 0 aliphatic carbocycles. The van der Waals surface area contributed by atoms with Crippen molar-refractivity contribution >= 4 is 40.0 Å². The van der Waals surface area contributed by atoms with Gasteiger partial charge in [0.2, 0.25) is 10.0 Å². The largest absolute Gasteiger partial charge is 0.383 e. The maximum Gasteiger partial charge on any atom is 0.243 e. The highest BCUT2D eigenvalue weighted by Gasteiger charge is 2.22. The normalized spacial score (nSPS) is 12.2. The molecule has 2 N–H and O–H groups in total. The van der Waals surface area contributed by atoms with Crippen molar-refractivity contribution in [3.8, 4) is 0 Å². The lowest BCUT2D eigenvalue weighted by Gasteiger charge is -2.21. The minimum atomic E-state index is -3.45. The number of guanidine groups is 1. The molecule has 1 aromatic carbocycles. The molecule has 0 unspecified atom stereocenters. The first-order chi connectivity index (χ1) is 11.8. The smallest absolute Gasteiger partial charge is 0.243 e. The fourth-order valence-corrected chi connectivity index (χ4v) is 3.36. The van der Waals surface area contributed by atoms with Crippen molar-refractivity contribution in [3.63, 3.8) is 0 Å². The van der Waals surface area contributed by atoms with Crippen LogP contribution in [-0.4, -0.2) is 58.6 Å². The number of ether oxygens (including phenoxy) is 1. The zero-order valence-electron chi connectivity index (χ0n) is 16.2. The van der Waals surface area contributed by atoms with Gasteiger partial charge in [-0.1, -0.05) is 12.1 Å². The van der Waals surface area contributed by atoms with E-state index in [0.717, 1.165) is 12.1 Å². The van der Waals surface area contributed by atoms with Gasteiger partial charge in [-0.25, -0.2) is 13.4 Å². The van der Waals surface area contributed by atoms with Crippen molar-refractivity contribution in [2.45, 2.75) is 38.3 Å². The topological polar surface area (TPSA) is 83.0 Å². The van der Waals surface area contributed by atoms with Crippen molar-refractivity contribution < 1.29 is 13.2 Å². The number of hydrogen-bond acceptors (Lipinski definition) is 4. The summed E-state index contributed by atoms with van der Waals surface area (Å²) in [5, 5.41) is 6.32. The summed E-state index contributed by atoms with van der Waals surface area (Å²) in [6.45, 7) is 8.18. The van der Waals surface area contributed by atoms with E-state index in [-0.39, 0.29) is 30.0 Å². The van der Waals surface area contributed by atoms with Crippen LogP contribution in [0.1, 0.15) is 26.3 Å². The van der Waals surface area contributed by atoms with Crippen LogP contribution >= 0.6 is 24.0 Å². The van der Waals surface area contributed by atoms with Crippen LogP contribution in [-0.2, 0) is 21.3 Å². The Labute approximate surface area is 174 Å². The molecule has 26 heavy (non-hydrogen) atoms. The second-order valence-corrected chi connectivity index (χ2v) is 7.87. The summed E-state index contributed by atoms with van der Waals surface area (Å²) in [6, 6.07) is 6.76. The fourth-order valence-electron chi connectivity index (χ4n) is 1.99. The second kappa shape index (κ2) is 12.5. The molecule has 1 aromatic rings. The average Bonchev–Trinajstić information content (AvgIpc) is 2.59. The van der Waals surface area contributed by atoms with Crippen molar-refractivity contribution in [1.29, 1.82) is 0 Å². The standard InChI is InChI=1S/C17H30N4O3S.HI/c1-6-18-17(19-11-12-24-5)20-13-15-7-9-16(10-8-15)25(22,23)21(4)14(2)3;/h7-10,14H,6,11-13H2,1-5H3,(H2,18,19,20);1H. The molecular formula is C17H31IN4O3S. The average molecular weight is 498 g/mol. The van der Waals surface area contributed by atoms with E-state index < -0.39 is 10.0 Å². The van der Waals surface area contributed by atoms with Gasteiger partial charge in [-0.05, 0) is 38.5 Å². The first kappa shape index (κ1) is 25.1. The molecule has 9 heteroatoms. The van der Waals surface area contributed by atoms with Crippen molar-refractivity contribution in [2.75, 3.05) is 33.9 Å². The summed E-state index contributed by atoms with van der Waals surface area (Å²) in [5.74, 6) is 0.704. The number of sulfonamides is 1. The molecular weight excluding hydrogens is 467 g/mol. The number of nitrogens with zero attached hydrogens (tertiary/aromatic N) is 2. The zero-order chi connectivity index (χ0) is 18.9. The third-order valence-corrected chi connectivity index (χ3v) is 5.74. The van der Waals surface area contributed by atoms with E-state index in [4.69, 9.17) is 4.74 Å². The number of benzene rings is 1. The number of hydrogen-bond donors (Lipinski definition) is 2. The van der Waals surface area contributed by atoms with Crippen LogP contribution in [0.25, 0.3) is 0 Å². The van der Waals surface area contributed by atoms with Crippen LogP contribution in [0.2, 0.25) is 0 Å². The Hall–Kier alpha value is -0.910. The van der Waals surface area contributed by atoms with Gasteiger partial charge < -0.3 is 15.4 Å². The molecule has 7 nitrogen and oxygen atoms in total. The summed E-state index contributed by atoms with van der Waals surface area (Å²) in [5.41, 5.74) is 0.940. The predicted octanol–water partition coefficient (Wildman–Crippen LogP) is 2.03. The molecule has 0 radical (unpaired) electrons. The van der Waals surface area contributed by atoms with Gasteiger partial charge in [0.05, 0.1) is 18.0 Å². The molecule has 0 spiro atoms. The molecule has 0 aliphatic rings. The zero-order valence-corrected chi connectivity index (χ0v) is 19.3. The maximum atomic E-state index is 12.4. The van der Waals surface area contributed by atoms with E-state index in [9.17, 15) is 8.42 Å². The van der Waals surface area contributed by atoms with Gasteiger partial charge in [-0.2, -0.15) is 4.31 Å². The lowest BCUT2D eigenvalue weighted by Crippen LogP contribution is -2.38. The summed E-state index contributed by atoms with van der Waals surface area (Å²) in [4.78, 5) is 4.78. The molecule has 0 aliphatic heterocycles. The van der Waals surface area contributed by atoms with E-state index in [2.05, 4.69) is 15.6 Å². The Morgan fingerprint density at radius 2 is 1.85 bits per heavy atom. The predicted molar refractivity (Wildman–Crippen MR) is 117 cm³/mol. The third kappa shape index (κ3) is 7.77. The number of rotatable bonds is 9. The first-order valence-corrected chi connectivity index (χ1v) is 9.85. The second-order valence-electron chi connectivity index (χ2n) is 5.87. The van der Waals surface area contributed by atoms with Crippen molar-refractivity contribution in [1.82, 2.24) is 14.9 Å². The van der Waals surface area contributed by atoms with Crippen molar-refractivity contribution in [2.24, 2.45) is 4.99 Å². The van der Waals surface area contributed by atoms with Crippen molar-refractivity contribution in [3.05, 3.63) is 29.8 Å². The third-order valence-electron chi connectivity index (χ3n) is 3.69. The summed E-state index contributed by atoms with van der Waals surface area (Å²) < 4.78 is 31.3. The van der Waals surface area contributed by atoms with Crippen LogP contribution in [0.5, 0.6) is 0 Å². The van der Waals surface area contributed by atoms with Crippen LogP contribution in [0.4, 0.5) is 0 Å². The lowest BCUT2D eigenvalue weighted by molar-refractivity contribution is 0.203. The maximum absolute atomic E-state index is 12.4. The van der Waals surface area contributed by atoms with Gasteiger partial charge in [0, 0.05) is 33.3 Å². The SMILES string of the molecule is CCNC(=NCc1ccc(S(=O)(=O)N(C)C(C)C)cc1)NCCOC.I. The number of methoxy groups -OCH3 is 1. The molecule has 0 aromatic heterocycles. The Balaban J connectivity index is 0.00000625. The quantitative estimate of drug-likeness (QED) is 0.236. The summed E-state index contributed by atoms with van der Waals surface area (Å²) >= 11 is 0. The summed E-state index contributed by atoms with van der Waals surface area (Å²) in [6.07, 6.45) is 0. The summed E-state index contributed by atoms with van der Waals surface area (Å²) in [7, 11) is -0.210. The Kier molecular flexibility index (Phi) is 12.0. The highest BCUT2D eigenvalue weighted by Crippen LogP contribution is 2.17. The number of halogens is 1. The van der Waals surface area contributed by atoms with Crippen LogP contribution in [0.15, 0.2) is 34.2 Å². The minimum Gasteiger partial charge on any atom is -0.383 e. The van der Waals surface area contributed by atoms with E-state index in [1.807, 2.05) is 20.8 Å². The Morgan fingerprint density at radius 3 is 2.35 bits per heavy atom. The van der Waals surface area contributed by atoms with Crippen LogP contribution in [0.3, 0.4) is 0 Å². The van der Waals surface area contributed by atoms with Gasteiger partial charge in [-0.3, -0.25) is 0 Å². The molecule has 1 rings (SSSR count). The molecule has 0 fully saturated rings. The van der Waals surface area contributed by atoms with E-state index in [0.29, 0.717) is 30.6 Å². The number of nitrogens with one attached hydrogen (secondary N) is 2. The van der Waals surface area contributed by atoms with E-state index >= 15 is 0 Å². The molecule has 0 saturated carbocycles. The molecule has 0 atom stereocenters. The highest BCUT2D eigenvalue weighted by molar-refractivity contribution is 14.0. The molecule has 0 saturated heterocycles. The monoisotopic (exact) mass is 498 g/mol. The van der Waals surface area contributed by atoms with Gasteiger partial charge in [0.25, 0.3) is 0 Å². The van der Waals surface area contributed by atoms with Gasteiger partial charge in [0.15, 0.2) is 5.96 Å². The van der Waals surface area contributed by atoms with Gasteiger partial charge in [-0.15, -0.1) is 24.0 Å². The molecule has 150 valence electrons. The first-order valence-electron chi connectivity index (χ1n) is 8.41. The molecule has 0 bridgehead atoms. The van der Waals surface area contributed by atoms with E-state index in [1.165, 1.54) is 4.31 Å². The highest BCUT2D eigenvalue weighted by atomic mass is 127. The minimum absolute atomic E-state index is 0. The lowest BCUT2D eigenvalue weighted by atomic mass is 10.2. The molecule has 0 heterocycles.